The van der Waals surface area contributed by atoms with E-state index in [9.17, 15) is 0 Å². The van der Waals surface area contributed by atoms with Crippen molar-refractivity contribution in [3.05, 3.63) is 118 Å². The normalized spacial score (nSPS) is 17.8. The minimum atomic E-state index is -0.0232. The fraction of sp³-hybridized carbons (Fsp3) is 0.241. The smallest absolute Gasteiger partial charge is 0.170 e. The summed E-state index contributed by atoms with van der Waals surface area (Å²) >= 11 is 5.89. The van der Waals surface area contributed by atoms with E-state index < -0.39 is 0 Å². The molecule has 0 saturated carbocycles. The Balaban J connectivity index is 1.64. The van der Waals surface area contributed by atoms with Gasteiger partial charge in [0.05, 0.1) is 17.8 Å². The summed E-state index contributed by atoms with van der Waals surface area (Å²) in [6, 6.07) is 25.6. The zero-order valence-corrected chi connectivity index (χ0v) is 20.9. The highest BCUT2D eigenvalue weighted by atomic mass is 32.1. The van der Waals surface area contributed by atoms with Crippen LogP contribution in [0.2, 0.25) is 0 Å². The van der Waals surface area contributed by atoms with E-state index in [4.69, 9.17) is 17.2 Å². The van der Waals surface area contributed by atoms with Crippen molar-refractivity contribution >= 4 is 17.3 Å². The number of aryl methyl sites for hydroxylation is 3. The maximum Gasteiger partial charge on any atom is 0.170 e. The lowest BCUT2D eigenvalue weighted by Gasteiger charge is -2.28. The third-order valence-corrected chi connectivity index (χ3v) is 7.14. The van der Waals surface area contributed by atoms with Crippen LogP contribution >= 0.6 is 12.2 Å². The minimum absolute atomic E-state index is 0.0232. The number of aromatic nitrogens is 2. The van der Waals surface area contributed by atoms with Crippen molar-refractivity contribution in [2.45, 2.75) is 46.3 Å². The topological polar surface area (TPSA) is 33.1 Å². The largest absolute Gasteiger partial charge is 0.352 e. The first-order chi connectivity index (χ1) is 16.4. The standard InChI is InChI=1S/C29H30N4S/c1-19-13-14-20(2)26(16-19)33-21(3)17-24(22(33)4)28-27(25-12-8-9-15-30-25)31-29(34)32(28)18-23-10-6-5-7-11-23/h5-17,27-28H,18H2,1-4H3,(H,31,34). The van der Waals surface area contributed by atoms with Crippen LogP contribution in [0.1, 0.15) is 51.4 Å². The quantitative estimate of drug-likeness (QED) is 0.351. The Morgan fingerprint density at radius 3 is 2.41 bits per heavy atom. The summed E-state index contributed by atoms with van der Waals surface area (Å²) in [4.78, 5) is 7.02. The Hall–Kier alpha value is -3.44. The molecule has 1 N–H and O–H groups in total. The number of rotatable bonds is 5. The molecule has 2 atom stereocenters. The van der Waals surface area contributed by atoms with E-state index in [-0.39, 0.29) is 12.1 Å². The van der Waals surface area contributed by atoms with E-state index in [0.29, 0.717) is 0 Å². The third-order valence-electron chi connectivity index (χ3n) is 6.79. The monoisotopic (exact) mass is 466 g/mol. The van der Waals surface area contributed by atoms with Crippen molar-refractivity contribution in [1.29, 1.82) is 0 Å². The molecule has 4 nitrogen and oxygen atoms in total. The third kappa shape index (κ3) is 4.01. The second-order valence-corrected chi connectivity index (χ2v) is 9.58. The lowest BCUT2D eigenvalue weighted by molar-refractivity contribution is 0.310. The summed E-state index contributed by atoms with van der Waals surface area (Å²) in [6.07, 6.45) is 1.86. The molecule has 0 spiro atoms. The summed E-state index contributed by atoms with van der Waals surface area (Å²) in [5.41, 5.74) is 9.73. The number of nitrogens with zero attached hydrogens (tertiary/aromatic N) is 3. The molecule has 2 unspecified atom stereocenters. The number of hydrogen-bond acceptors (Lipinski definition) is 2. The van der Waals surface area contributed by atoms with E-state index >= 15 is 0 Å². The van der Waals surface area contributed by atoms with Gasteiger partial charge in [0.1, 0.15) is 0 Å². The molecule has 1 aliphatic rings. The summed E-state index contributed by atoms with van der Waals surface area (Å²) in [7, 11) is 0. The van der Waals surface area contributed by atoms with E-state index in [2.05, 4.69) is 103 Å². The van der Waals surface area contributed by atoms with Crippen LogP contribution in [0, 0.1) is 27.7 Å². The first-order valence-electron chi connectivity index (χ1n) is 11.7. The molecule has 5 heteroatoms. The molecule has 1 saturated heterocycles. The molecule has 1 aliphatic heterocycles. The summed E-state index contributed by atoms with van der Waals surface area (Å²) in [5.74, 6) is 0. The van der Waals surface area contributed by atoms with Gasteiger partial charge in [-0.1, -0.05) is 48.5 Å². The van der Waals surface area contributed by atoms with Gasteiger partial charge in [0, 0.05) is 29.8 Å². The Bertz CT molecular complexity index is 1330. The molecule has 1 fully saturated rings. The molecule has 172 valence electrons. The predicted octanol–water partition coefficient (Wildman–Crippen LogP) is 6.28. The molecule has 34 heavy (non-hydrogen) atoms. The van der Waals surface area contributed by atoms with Crippen LogP contribution in [0.15, 0.2) is 79.0 Å². The van der Waals surface area contributed by atoms with Gasteiger partial charge in [-0.3, -0.25) is 4.98 Å². The van der Waals surface area contributed by atoms with Crippen molar-refractivity contribution in [1.82, 2.24) is 19.8 Å². The summed E-state index contributed by atoms with van der Waals surface area (Å²) in [6.45, 7) is 9.49. The fourth-order valence-electron chi connectivity index (χ4n) is 5.11. The lowest BCUT2D eigenvalue weighted by atomic mass is 9.96. The Labute approximate surface area is 207 Å². The number of hydrogen-bond donors (Lipinski definition) is 1. The highest BCUT2D eigenvalue weighted by Crippen LogP contribution is 2.42. The first kappa shape index (κ1) is 22.4. The van der Waals surface area contributed by atoms with Crippen LogP contribution < -0.4 is 5.32 Å². The summed E-state index contributed by atoms with van der Waals surface area (Å²) in [5, 5.41) is 4.36. The van der Waals surface area contributed by atoms with Gasteiger partial charge >= 0.3 is 0 Å². The Morgan fingerprint density at radius 2 is 1.68 bits per heavy atom. The molecule has 0 bridgehead atoms. The van der Waals surface area contributed by atoms with Gasteiger partial charge in [-0.15, -0.1) is 0 Å². The van der Waals surface area contributed by atoms with Gasteiger partial charge in [0.15, 0.2) is 5.11 Å². The van der Waals surface area contributed by atoms with Crippen LogP contribution in [-0.2, 0) is 6.54 Å². The highest BCUT2D eigenvalue weighted by Gasteiger charge is 2.41. The van der Waals surface area contributed by atoms with Crippen molar-refractivity contribution in [3.8, 4) is 5.69 Å². The van der Waals surface area contributed by atoms with Crippen molar-refractivity contribution in [2.24, 2.45) is 0 Å². The van der Waals surface area contributed by atoms with Gasteiger partial charge in [-0.2, -0.15) is 0 Å². The molecule has 2 aromatic heterocycles. The average Bonchev–Trinajstić information content (AvgIpc) is 3.31. The van der Waals surface area contributed by atoms with Gasteiger partial charge in [0.2, 0.25) is 0 Å². The van der Waals surface area contributed by atoms with Gasteiger partial charge < -0.3 is 14.8 Å². The van der Waals surface area contributed by atoms with Crippen LogP contribution in [-0.4, -0.2) is 19.6 Å². The SMILES string of the molecule is Cc1ccc(C)c(-n2c(C)cc(C3C(c4ccccn4)NC(=S)N3Cc3ccccc3)c2C)c1. The molecule has 0 aliphatic carbocycles. The molecule has 0 radical (unpaired) electrons. The van der Waals surface area contributed by atoms with Crippen LogP contribution in [0.4, 0.5) is 0 Å². The van der Waals surface area contributed by atoms with Crippen LogP contribution in [0.5, 0.6) is 0 Å². The summed E-state index contributed by atoms with van der Waals surface area (Å²) < 4.78 is 2.38. The van der Waals surface area contributed by atoms with Crippen molar-refractivity contribution in [3.63, 3.8) is 0 Å². The van der Waals surface area contributed by atoms with Gasteiger partial charge in [0.25, 0.3) is 0 Å². The Morgan fingerprint density at radius 1 is 0.912 bits per heavy atom. The molecule has 0 amide bonds. The number of thiocarbonyl (C=S) groups is 1. The molecular formula is C29H30N4S. The second kappa shape index (κ2) is 9.07. The van der Waals surface area contributed by atoms with E-state index in [1.165, 1.54) is 39.3 Å². The fourth-order valence-corrected chi connectivity index (χ4v) is 5.42. The molecular weight excluding hydrogens is 436 g/mol. The minimum Gasteiger partial charge on any atom is -0.352 e. The van der Waals surface area contributed by atoms with E-state index in [0.717, 1.165) is 17.4 Å². The van der Waals surface area contributed by atoms with Crippen LogP contribution in [0.25, 0.3) is 5.69 Å². The van der Waals surface area contributed by atoms with E-state index in [1.54, 1.807) is 0 Å². The van der Waals surface area contributed by atoms with E-state index in [1.807, 2.05) is 18.3 Å². The zero-order chi connectivity index (χ0) is 23.8. The number of nitrogens with one attached hydrogen (secondary N) is 1. The Kier molecular flexibility index (Phi) is 5.96. The van der Waals surface area contributed by atoms with Crippen molar-refractivity contribution in [2.75, 3.05) is 0 Å². The second-order valence-electron chi connectivity index (χ2n) is 9.19. The maximum absolute atomic E-state index is 5.89. The van der Waals surface area contributed by atoms with Crippen LogP contribution in [0.3, 0.4) is 0 Å². The highest BCUT2D eigenvalue weighted by molar-refractivity contribution is 7.80. The van der Waals surface area contributed by atoms with Crippen molar-refractivity contribution < 1.29 is 0 Å². The molecule has 4 aromatic rings. The molecule has 3 heterocycles. The predicted molar refractivity (Wildman–Crippen MR) is 142 cm³/mol. The maximum atomic E-state index is 5.89. The zero-order valence-electron chi connectivity index (χ0n) is 20.1. The number of benzene rings is 2. The number of pyridine rings is 1. The van der Waals surface area contributed by atoms with Gasteiger partial charge in [-0.25, -0.2) is 0 Å². The van der Waals surface area contributed by atoms with Gasteiger partial charge in [-0.05, 0) is 86.4 Å². The first-order valence-corrected chi connectivity index (χ1v) is 12.1. The molecule has 2 aromatic carbocycles. The lowest BCUT2D eigenvalue weighted by Crippen LogP contribution is -2.29. The average molecular weight is 467 g/mol. The molecule has 5 rings (SSSR count).